The van der Waals surface area contributed by atoms with Gasteiger partial charge in [0.2, 0.25) is 5.91 Å². The van der Waals surface area contributed by atoms with Crippen LogP contribution in [0.25, 0.3) is 11.6 Å². The average molecular weight is 372 g/mol. The van der Waals surface area contributed by atoms with E-state index >= 15 is 0 Å². The van der Waals surface area contributed by atoms with E-state index < -0.39 is 9.84 Å². The molecule has 2 heterocycles. The van der Waals surface area contributed by atoms with E-state index in [4.69, 9.17) is 4.42 Å². The van der Waals surface area contributed by atoms with Crippen LogP contribution < -0.4 is 5.32 Å². The largest absolute Gasteiger partial charge is 0.401 e. The number of pyridine rings is 1. The minimum Gasteiger partial charge on any atom is -0.401 e. The van der Waals surface area contributed by atoms with E-state index in [1.807, 2.05) is 0 Å². The van der Waals surface area contributed by atoms with Crippen LogP contribution in [0.4, 0.5) is 6.01 Å². The number of carbonyl (C=O) groups is 1. The fourth-order valence-corrected chi connectivity index (χ4v) is 3.08. The van der Waals surface area contributed by atoms with Gasteiger partial charge in [-0.1, -0.05) is 30.2 Å². The predicted octanol–water partition coefficient (Wildman–Crippen LogP) is 2.11. The molecule has 26 heavy (non-hydrogen) atoms. The Hall–Kier alpha value is -3.07. The summed E-state index contributed by atoms with van der Waals surface area (Å²) in [7, 11) is -3.26. The molecule has 3 rings (SSSR count). The van der Waals surface area contributed by atoms with Crippen molar-refractivity contribution in [2.24, 2.45) is 0 Å². The Kier molecular flexibility index (Phi) is 5.08. The van der Waals surface area contributed by atoms with Crippen LogP contribution in [0.5, 0.6) is 0 Å². The number of benzene rings is 1. The Morgan fingerprint density at radius 1 is 1.12 bits per heavy atom. The number of hydrogen-bond donors (Lipinski definition) is 1. The van der Waals surface area contributed by atoms with Crippen molar-refractivity contribution in [3.63, 3.8) is 0 Å². The number of nitrogens with zero attached hydrogens (tertiary/aromatic N) is 3. The maximum atomic E-state index is 12.1. The molecule has 0 atom stereocenters. The van der Waals surface area contributed by atoms with E-state index in [9.17, 15) is 13.2 Å². The summed E-state index contributed by atoms with van der Waals surface area (Å²) in [6.45, 7) is 1.58. The Morgan fingerprint density at radius 2 is 1.88 bits per heavy atom. The van der Waals surface area contributed by atoms with Crippen molar-refractivity contribution in [1.29, 1.82) is 0 Å². The van der Waals surface area contributed by atoms with Gasteiger partial charge < -0.3 is 4.42 Å². The molecule has 3 aromatic rings. The molecule has 0 saturated carbocycles. The van der Waals surface area contributed by atoms with Crippen molar-refractivity contribution in [3.05, 3.63) is 54.2 Å². The summed E-state index contributed by atoms with van der Waals surface area (Å²) in [5.74, 6) is -0.120. The van der Waals surface area contributed by atoms with E-state index in [1.54, 1.807) is 43.5 Å². The first-order chi connectivity index (χ1) is 12.5. The molecular formula is C17H16N4O4S. The van der Waals surface area contributed by atoms with Crippen molar-refractivity contribution in [2.45, 2.75) is 18.2 Å². The van der Waals surface area contributed by atoms with Gasteiger partial charge in [-0.3, -0.25) is 15.1 Å². The molecule has 0 aliphatic heterocycles. The SMILES string of the molecule is CCS(=O)(=O)c1ccc(CC(=O)Nc2nnc(-c3ccccn3)o2)cc1. The van der Waals surface area contributed by atoms with Gasteiger partial charge in [-0.2, -0.15) is 0 Å². The molecule has 1 amide bonds. The van der Waals surface area contributed by atoms with Crippen LogP contribution in [0.2, 0.25) is 0 Å². The summed E-state index contributed by atoms with van der Waals surface area (Å²) in [6, 6.07) is 11.4. The van der Waals surface area contributed by atoms with Crippen LogP contribution in [-0.4, -0.2) is 35.3 Å². The van der Waals surface area contributed by atoms with Crippen LogP contribution >= 0.6 is 0 Å². The summed E-state index contributed by atoms with van der Waals surface area (Å²) in [6.07, 6.45) is 1.65. The monoisotopic (exact) mass is 372 g/mol. The lowest BCUT2D eigenvalue weighted by Crippen LogP contribution is -2.14. The number of amides is 1. The Morgan fingerprint density at radius 3 is 2.54 bits per heavy atom. The molecule has 0 saturated heterocycles. The molecule has 2 aromatic heterocycles. The molecule has 0 unspecified atom stereocenters. The molecule has 1 N–H and O–H groups in total. The van der Waals surface area contributed by atoms with E-state index in [0.717, 1.165) is 0 Å². The Balaban J connectivity index is 1.64. The standard InChI is InChI=1S/C17H16N4O4S/c1-2-26(23,24)13-8-6-12(7-9-13)11-15(22)19-17-21-20-16(25-17)14-5-3-4-10-18-14/h3-10H,2,11H2,1H3,(H,19,21,22). The fraction of sp³-hybridized carbons (Fsp3) is 0.176. The summed E-state index contributed by atoms with van der Waals surface area (Å²) >= 11 is 0. The number of aromatic nitrogens is 3. The van der Waals surface area contributed by atoms with Gasteiger partial charge in [0, 0.05) is 6.20 Å². The quantitative estimate of drug-likeness (QED) is 0.704. The summed E-state index contributed by atoms with van der Waals surface area (Å²) < 4.78 is 28.9. The minimum absolute atomic E-state index is 0.0270. The lowest BCUT2D eigenvalue weighted by molar-refractivity contribution is -0.115. The smallest absolute Gasteiger partial charge is 0.322 e. The highest BCUT2D eigenvalue weighted by molar-refractivity contribution is 7.91. The molecule has 0 fully saturated rings. The summed E-state index contributed by atoms with van der Waals surface area (Å²) in [5, 5.41) is 10.1. The highest BCUT2D eigenvalue weighted by Gasteiger charge is 2.14. The molecular weight excluding hydrogens is 356 g/mol. The lowest BCUT2D eigenvalue weighted by atomic mass is 10.1. The van der Waals surface area contributed by atoms with E-state index in [1.165, 1.54) is 12.1 Å². The van der Waals surface area contributed by atoms with Gasteiger partial charge in [0.15, 0.2) is 9.84 Å². The molecule has 0 radical (unpaired) electrons. The molecule has 0 aliphatic carbocycles. The topological polar surface area (TPSA) is 115 Å². The zero-order valence-corrected chi connectivity index (χ0v) is 14.7. The number of hydrogen-bond acceptors (Lipinski definition) is 7. The molecule has 134 valence electrons. The van der Waals surface area contributed by atoms with Gasteiger partial charge in [-0.15, -0.1) is 5.10 Å². The first-order valence-corrected chi connectivity index (χ1v) is 9.49. The van der Waals surface area contributed by atoms with Crippen LogP contribution in [0, 0.1) is 0 Å². The number of carbonyl (C=O) groups excluding carboxylic acids is 1. The van der Waals surface area contributed by atoms with Gasteiger partial charge in [0.05, 0.1) is 17.1 Å². The second-order valence-electron chi connectivity index (χ2n) is 5.40. The number of anilines is 1. The molecule has 0 aliphatic rings. The van der Waals surface area contributed by atoms with Gasteiger partial charge in [-0.05, 0) is 29.8 Å². The first kappa shape index (κ1) is 17.7. The van der Waals surface area contributed by atoms with Gasteiger partial charge in [0.25, 0.3) is 5.89 Å². The first-order valence-electron chi connectivity index (χ1n) is 7.84. The maximum Gasteiger partial charge on any atom is 0.322 e. The summed E-state index contributed by atoms with van der Waals surface area (Å²) in [4.78, 5) is 16.4. The zero-order valence-electron chi connectivity index (χ0n) is 13.9. The van der Waals surface area contributed by atoms with Crippen molar-refractivity contribution in [1.82, 2.24) is 15.2 Å². The van der Waals surface area contributed by atoms with E-state index in [0.29, 0.717) is 11.3 Å². The molecule has 9 heteroatoms. The second-order valence-corrected chi connectivity index (χ2v) is 7.68. The van der Waals surface area contributed by atoms with Gasteiger partial charge in [-0.25, -0.2) is 8.42 Å². The highest BCUT2D eigenvalue weighted by Crippen LogP contribution is 2.17. The third-order valence-corrected chi connectivity index (χ3v) is 5.33. The molecule has 0 spiro atoms. The van der Waals surface area contributed by atoms with Crippen LogP contribution in [0.3, 0.4) is 0 Å². The van der Waals surface area contributed by atoms with Crippen molar-refractivity contribution in [3.8, 4) is 11.6 Å². The maximum absolute atomic E-state index is 12.1. The molecule has 1 aromatic carbocycles. The lowest BCUT2D eigenvalue weighted by Gasteiger charge is -2.04. The van der Waals surface area contributed by atoms with Crippen molar-refractivity contribution < 1.29 is 17.6 Å². The average Bonchev–Trinajstić information content (AvgIpc) is 3.11. The second kappa shape index (κ2) is 7.44. The van der Waals surface area contributed by atoms with E-state index in [-0.39, 0.29) is 34.9 Å². The predicted molar refractivity (Wildman–Crippen MR) is 94.0 cm³/mol. The highest BCUT2D eigenvalue weighted by atomic mass is 32.2. The number of sulfone groups is 1. The van der Waals surface area contributed by atoms with Gasteiger partial charge >= 0.3 is 6.01 Å². The zero-order chi connectivity index (χ0) is 18.6. The third kappa shape index (κ3) is 4.12. The third-order valence-electron chi connectivity index (χ3n) is 3.58. The molecule has 8 nitrogen and oxygen atoms in total. The normalized spacial score (nSPS) is 11.3. The Labute approximate surface area is 150 Å². The van der Waals surface area contributed by atoms with Crippen LogP contribution in [-0.2, 0) is 21.1 Å². The number of nitrogens with one attached hydrogen (secondary N) is 1. The van der Waals surface area contributed by atoms with Gasteiger partial charge in [0.1, 0.15) is 5.69 Å². The van der Waals surface area contributed by atoms with Crippen LogP contribution in [0.1, 0.15) is 12.5 Å². The summed E-state index contributed by atoms with van der Waals surface area (Å²) in [5.41, 5.74) is 1.18. The van der Waals surface area contributed by atoms with Crippen LogP contribution in [0.15, 0.2) is 58.0 Å². The van der Waals surface area contributed by atoms with Crippen molar-refractivity contribution in [2.75, 3.05) is 11.1 Å². The molecule has 0 bridgehead atoms. The fourth-order valence-electron chi connectivity index (χ4n) is 2.20. The van der Waals surface area contributed by atoms with Crippen molar-refractivity contribution >= 4 is 21.8 Å². The Bertz CT molecular complexity index is 999. The number of rotatable bonds is 6. The van der Waals surface area contributed by atoms with E-state index in [2.05, 4.69) is 20.5 Å². The minimum atomic E-state index is -3.26.